The fourth-order valence-electron chi connectivity index (χ4n) is 2.94. The van der Waals surface area contributed by atoms with Gasteiger partial charge in [0.05, 0.1) is 18.4 Å². The number of piperidine rings is 1. The summed E-state index contributed by atoms with van der Waals surface area (Å²) in [5, 5.41) is 0. The zero-order valence-electron chi connectivity index (χ0n) is 16.2. The number of carbonyl (C=O) groups excluding carboxylic acids is 2. The van der Waals surface area contributed by atoms with E-state index in [1.807, 2.05) is 0 Å². The lowest BCUT2D eigenvalue weighted by Gasteiger charge is -2.39. The molecule has 29 heavy (non-hydrogen) atoms. The minimum atomic E-state index is -5.17. The fourth-order valence-corrected chi connectivity index (χ4v) is 2.94. The van der Waals surface area contributed by atoms with E-state index in [-0.39, 0.29) is 25.9 Å². The van der Waals surface area contributed by atoms with Gasteiger partial charge in [0.15, 0.2) is 0 Å². The zero-order chi connectivity index (χ0) is 22.0. The van der Waals surface area contributed by atoms with E-state index in [4.69, 9.17) is 4.74 Å². The lowest BCUT2D eigenvalue weighted by molar-refractivity contribution is -0.189. The molecule has 1 fully saturated rings. The summed E-state index contributed by atoms with van der Waals surface area (Å²) in [7, 11) is 0. The highest BCUT2D eigenvalue weighted by Crippen LogP contribution is 2.27. The molecule has 1 aliphatic heterocycles. The molecule has 0 unspecified atom stereocenters. The van der Waals surface area contributed by atoms with Crippen LogP contribution in [0.4, 0.5) is 26.7 Å². The average molecular weight is 423 g/mol. The maximum atomic E-state index is 13.9. The molecule has 2 rings (SSSR count). The molecular weight excluding hydrogens is 401 g/mol. The van der Waals surface area contributed by atoms with Crippen LogP contribution in [0.1, 0.15) is 39.3 Å². The summed E-state index contributed by atoms with van der Waals surface area (Å²) in [5.74, 6) is -4.26. The van der Waals surface area contributed by atoms with Crippen molar-refractivity contribution in [2.24, 2.45) is 0 Å². The van der Waals surface area contributed by atoms with Gasteiger partial charge in [0.1, 0.15) is 17.2 Å². The second kappa shape index (κ2) is 8.50. The second-order valence-corrected chi connectivity index (χ2v) is 7.71. The number of aromatic nitrogens is 1. The molecule has 6 nitrogen and oxygen atoms in total. The Bertz CT molecular complexity index is 756. The Morgan fingerprint density at radius 3 is 2.28 bits per heavy atom. The topological polar surface area (TPSA) is 62.7 Å². The lowest BCUT2D eigenvalue weighted by Crippen LogP contribution is -2.52. The summed E-state index contributed by atoms with van der Waals surface area (Å²) in [5.41, 5.74) is -1.20. The molecule has 162 valence electrons. The molecule has 2 amide bonds. The molecule has 1 aromatic rings. The van der Waals surface area contributed by atoms with Crippen LogP contribution >= 0.6 is 0 Å². The van der Waals surface area contributed by atoms with Crippen LogP contribution in [0.15, 0.2) is 12.3 Å². The van der Waals surface area contributed by atoms with Gasteiger partial charge in [-0.25, -0.2) is 13.6 Å². The lowest BCUT2D eigenvalue weighted by atomic mass is 10.0. The van der Waals surface area contributed by atoms with Gasteiger partial charge in [-0.1, -0.05) is 0 Å². The molecule has 0 N–H and O–H groups in total. The van der Waals surface area contributed by atoms with Crippen LogP contribution in [0.3, 0.4) is 0 Å². The van der Waals surface area contributed by atoms with E-state index in [1.54, 1.807) is 20.8 Å². The standard InChI is InChI=1S/C18H22F5N3O3/c1-17(2,3)29-16(28)25-6-4-12(5-7-25)26(15(27)18(21,22)23)10-14-13(20)8-11(19)9-24-14/h8-9,12H,4-7,10H2,1-3H3. The van der Waals surface area contributed by atoms with Crippen molar-refractivity contribution < 1.29 is 36.3 Å². The number of nitrogens with zero attached hydrogens (tertiary/aromatic N) is 3. The molecule has 0 radical (unpaired) electrons. The third kappa shape index (κ3) is 6.26. The van der Waals surface area contributed by atoms with E-state index in [9.17, 15) is 31.5 Å². The normalized spacial score (nSPS) is 15.9. The molecule has 0 aliphatic carbocycles. The number of rotatable bonds is 3. The van der Waals surface area contributed by atoms with Crippen molar-refractivity contribution in [2.45, 2.75) is 58.0 Å². The molecule has 1 aromatic heterocycles. The average Bonchev–Trinajstić information content (AvgIpc) is 2.58. The molecule has 0 spiro atoms. The fraction of sp³-hybridized carbons (Fsp3) is 0.611. The Kier molecular flexibility index (Phi) is 6.69. The van der Waals surface area contributed by atoms with E-state index in [0.29, 0.717) is 17.2 Å². The van der Waals surface area contributed by atoms with Gasteiger partial charge in [0, 0.05) is 25.2 Å². The summed E-state index contributed by atoms with van der Waals surface area (Å²) in [6.07, 6.45) is -5.01. The molecule has 11 heteroatoms. The van der Waals surface area contributed by atoms with Crippen molar-refractivity contribution in [3.05, 3.63) is 29.6 Å². The summed E-state index contributed by atoms with van der Waals surface area (Å²) < 4.78 is 71.3. The predicted molar refractivity (Wildman–Crippen MR) is 91.6 cm³/mol. The van der Waals surface area contributed by atoms with E-state index in [0.717, 1.165) is 0 Å². The van der Waals surface area contributed by atoms with Crippen molar-refractivity contribution in [3.63, 3.8) is 0 Å². The van der Waals surface area contributed by atoms with E-state index in [1.165, 1.54) is 4.90 Å². The van der Waals surface area contributed by atoms with Crippen molar-refractivity contribution in [2.75, 3.05) is 13.1 Å². The van der Waals surface area contributed by atoms with Crippen LogP contribution in [-0.2, 0) is 16.1 Å². The smallest absolute Gasteiger partial charge is 0.444 e. The minimum Gasteiger partial charge on any atom is -0.444 e. The molecule has 0 saturated carbocycles. The Morgan fingerprint density at radius 1 is 1.21 bits per heavy atom. The molecule has 0 atom stereocenters. The van der Waals surface area contributed by atoms with Crippen LogP contribution in [-0.4, -0.2) is 57.7 Å². The molecule has 0 aromatic carbocycles. The molecule has 1 saturated heterocycles. The molecular formula is C18H22F5N3O3. The summed E-state index contributed by atoms with van der Waals surface area (Å²) >= 11 is 0. The number of pyridine rings is 1. The van der Waals surface area contributed by atoms with Gasteiger partial charge in [-0.15, -0.1) is 0 Å². The van der Waals surface area contributed by atoms with Gasteiger partial charge >= 0.3 is 18.2 Å². The Labute approximate surface area is 164 Å². The maximum Gasteiger partial charge on any atom is 0.471 e. The van der Waals surface area contributed by atoms with Crippen molar-refractivity contribution >= 4 is 12.0 Å². The number of hydrogen-bond donors (Lipinski definition) is 0. The number of hydrogen-bond acceptors (Lipinski definition) is 4. The number of amides is 2. The monoisotopic (exact) mass is 423 g/mol. The summed E-state index contributed by atoms with van der Waals surface area (Å²) in [6.45, 7) is 4.44. The number of likely N-dealkylation sites (tertiary alicyclic amines) is 1. The van der Waals surface area contributed by atoms with E-state index < -0.39 is 53.7 Å². The highest BCUT2D eigenvalue weighted by atomic mass is 19.4. The van der Waals surface area contributed by atoms with Crippen LogP contribution in [0.2, 0.25) is 0 Å². The summed E-state index contributed by atoms with van der Waals surface area (Å²) in [6, 6.07) is -0.405. The number of halogens is 5. The van der Waals surface area contributed by atoms with Crippen molar-refractivity contribution in [3.8, 4) is 0 Å². The maximum absolute atomic E-state index is 13.9. The molecule has 0 bridgehead atoms. The third-order valence-corrected chi connectivity index (χ3v) is 4.26. The summed E-state index contributed by atoms with van der Waals surface area (Å²) in [4.78, 5) is 29.3. The quantitative estimate of drug-likeness (QED) is 0.697. The first-order valence-electron chi connectivity index (χ1n) is 8.93. The Hall–Kier alpha value is -2.46. The van der Waals surface area contributed by atoms with Crippen LogP contribution in [0.5, 0.6) is 0 Å². The van der Waals surface area contributed by atoms with Crippen molar-refractivity contribution in [1.29, 1.82) is 0 Å². The third-order valence-electron chi connectivity index (χ3n) is 4.26. The van der Waals surface area contributed by atoms with Gasteiger partial charge in [-0.2, -0.15) is 13.2 Å². The predicted octanol–water partition coefficient (Wildman–Crippen LogP) is 3.65. The van der Waals surface area contributed by atoms with E-state index in [2.05, 4.69) is 4.98 Å². The second-order valence-electron chi connectivity index (χ2n) is 7.71. The van der Waals surface area contributed by atoms with Gasteiger partial charge in [0.2, 0.25) is 0 Å². The minimum absolute atomic E-state index is 0.0455. The number of alkyl halides is 3. The van der Waals surface area contributed by atoms with Crippen LogP contribution in [0, 0.1) is 11.6 Å². The highest BCUT2D eigenvalue weighted by Gasteiger charge is 2.45. The van der Waals surface area contributed by atoms with E-state index >= 15 is 0 Å². The highest BCUT2D eigenvalue weighted by molar-refractivity contribution is 5.82. The first-order valence-corrected chi connectivity index (χ1v) is 8.93. The van der Waals surface area contributed by atoms with Gasteiger partial charge in [-0.05, 0) is 33.6 Å². The first-order chi connectivity index (χ1) is 13.3. The van der Waals surface area contributed by atoms with Gasteiger partial charge < -0.3 is 14.5 Å². The molecule has 1 aliphatic rings. The van der Waals surface area contributed by atoms with Crippen molar-refractivity contribution in [1.82, 2.24) is 14.8 Å². The largest absolute Gasteiger partial charge is 0.471 e. The van der Waals surface area contributed by atoms with Crippen LogP contribution < -0.4 is 0 Å². The van der Waals surface area contributed by atoms with Gasteiger partial charge in [-0.3, -0.25) is 9.78 Å². The zero-order valence-corrected chi connectivity index (χ0v) is 16.2. The number of ether oxygens (including phenoxy) is 1. The SMILES string of the molecule is CC(C)(C)OC(=O)N1CCC(N(Cc2ncc(F)cc2F)C(=O)C(F)(F)F)CC1. The van der Waals surface area contributed by atoms with Gasteiger partial charge in [0.25, 0.3) is 0 Å². The van der Waals surface area contributed by atoms with Crippen LogP contribution in [0.25, 0.3) is 0 Å². The molecule has 2 heterocycles. The first kappa shape index (κ1) is 22.8. The Balaban J connectivity index is 2.14. The Morgan fingerprint density at radius 2 is 1.79 bits per heavy atom. The number of carbonyl (C=O) groups is 2.